The summed E-state index contributed by atoms with van der Waals surface area (Å²) in [5.74, 6) is 2.43. The molecule has 0 unspecified atom stereocenters. The molecule has 7 rings (SSSR count). The van der Waals surface area contributed by atoms with Gasteiger partial charge in [-0.3, -0.25) is 0 Å². The molecule has 6 nitrogen and oxygen atoms in total. The van der Waals surface area contributed by atoms with Gasteiger partial charge in [0.15, 0.2) is 0 Å². The van der Waals surface area contributed by atoms with Crippen LogP contribution in [0, 0.1) is 52.3 Å². The third kappa shape index (κ3) is 5.86. The first-order valence-electron chi connectivity index (χ1n) is 18.4. The van der Waals surface area contributed by atoms with Crippen LogP contribution < -0.4 is 0 Å². The molecular weight excluding hydrogens is 588 g/mol. The minimum Gasteiger partial charge on any atom is -0.459 e. The van der Waals surface area contributed by atoms with E-state index in [0.29, 0.717) is 46.6 Å². The second-order valence-corrected chi connectivity index (χ2v) is 16.5. The summed E-state index contributed by atoms with van der Waals surface area (Å²) in [7, 11) is 0. The Kier molecular flexibility index (Phi) is 9.06. The van der Waals surface area contributed by atoms with Crippen LogP contribution in [-0.2, 0) is 14.2 Å². The van der Waals surface area contributed by atoms with Gasteiger partial charge in [-0.25, -0.2) is 9.59 Å². The fourth-order valence-electron chi connectivity index (χ4n) is 11.7. The zero-order valence-electron chi connectivity index (χ0n) is 28.7. The van der Waals surface area contributed by atoms with Crippen molar-refractivity contribution in [2.75, 3.05) is 6.61 Å². The monoisotopic (exact) mass is 642 g/mol. The lowest BCUT2D eigenvalue weighted by atomic mass is 9.43. The lowest BCUT2D eigenvalue weighted by Crippen LogP contribution is -2.60. The zero-order valence-corrected chi connectivity index (χ0v) is 28.7. The molecule has 6 heteroatoms. The molecular formula is C41H54O6. The highest BCUT2D eigenvalue weighted by molar-refractivity contribution is 5.90. The van der Waals surface area contributed by atoms with Crippen molar-refractivity contribution >= 4 is 11.9 Å². The van der Waals surface area contributed by atoms with Crippen molar-refractivity contribution in [3.05, 3.63) is 71.8 Å². The van der Waals surface area contributed by atoms with Gasteiger partial charge < -0.3 is 19.3 Å². The lowest BCUT2D eigenvalue weighted by molar-refractivity contribution is -0.181. The summed E-state index contributed by atoms with van der Waals surface area (Å²) in [6, 6.07) is 18.8. The first-order chi connectivity index (χ1) is 22.6. The lowest BCUT2D eigenvalue weighted by Gasteiger charge is -2.63. The Hall–Kier alpha value is -2.70. The second-order valence-electron chi connectivity index (χ2n) is 16.5. The van der Waals surface area contributed by atoms with Gasteiger partial charge in [-0.2, -0.15) is 0 Å². The van der Waals surface area contributed by atoms with Gasteiger partial charge in [-0.1, -0.05) is 64.1 Å². The van der Waals surface area contributed by atoms with Crippen LogP contribution in [0.3, 0.4) is 0 Å². The van der Waals surface area contributed by atoms with E-state index in [0.717, 1.165) is 57.8 Å². The highest BCUT2D eigenvalue weighted by Gasteiger charge is 2.68. The number of fused-ring (bicyclic) bond motifs is 7. The van der Waals surface area contributed by atoms with E-state index in [2.05, 4.69) is 27.7 Å². The van der Waals surface area contributed by atoms with E-state index in [1.807, 2.05) is 60.7 Å². The molecule has 1 saturated heterocycles. The molecule has 4 saturated carbocycles. The Morgan fingerprint density at radius 1 is 0.894 bits per heavy atom. The van der Waals surface area contributed by atoms with Gasteiger partial charge in [0.1, 0.15) is 12.2 Å². The number of ether oxygens (including phenoxy) is 3. The standard InChI is InChI=1S/C41H54O6/c1-25(24-42)15-18-33-26(2)36-34(46-33)22-32-31-17-16-29-21-30(45-38(43)27-11-7-5-8-12-27)19-20-40(29,3)37(31)35(23-41(32,36)4)47-39(44)28-13-9-6-10-14-28/h5-14,25-26,29-37,42H,15-24H2,1-4H3/t25-,26-,29+,30-,31+,32+,33-,34+,35+,36+,37-,40+,41+/m1/s1. The summed E-state index contributed by atoms with van der Waals surface area (Å²) in [5, 5.41) is 9.62. The summed E-state index contributed by atoms with van der Waals surface area (Å²) in [6.07, 6.45) is 9.10. The molecule has 0 radical (unpaired) electrons. The number of aliphatic hydroxyl groups is 1. The molecule has 0 amide bonds. The van der Waals surface area contributed by atoms with Gasteiger partial charge in [-0.05, 0) is 128 Å². The van der Waals surface area contributed by atoms with Crippen LogP contribution >= 0.6 is 0 Å². The van der Waals surface area contributed by atoms with Crippen LogP contribution in [-0.4, -0.2) is 48.1 Å². The molecule has 0 bridgehead atoms. The van der Waals surface area contributed by atoms with Gasteiger partial charge in [0.05, 0.1) is 23.3 Å². The van der Waals surface area contributed by atoms with E-state index >= 15 is 0 Å². The minimum absolute atomic E-state index is 0.00861. The third-order valence-corrected chi connectivity index (χ3v) is 13.9. The van der Waals surface area contributed by atoms with E-state index < -0.39 is 0 Å². The Morgan fingerprint density at radius 3 is 2.21 bits per heavy atom. The van der Waals surface area contributed by atoms with Crippen LogP contribution in [0.1, 0.15) is 106 Å². The number of hydrogen-bond donors (Lipinski definition) is 1. The predicted molar refractivity (Wildman–Crippen MR) is 181 cm³/mol. The molecule has 0 aromatic heterocycles. The maximum Gasteiger partial charge on any atom is 0.338 e. The second kappa shape index (κ2) is 13.0. The molecule has 1 N–H and O–H groups in total. The highest BCUT2D eigenvalue weighted by atomic mass is 16.5. The van der Waals surface area contributed by atoms with Gasteiger partial charge in [0.2, 0.25) is 0 Å². The van der Waals surface area contributed by atoms with Crippen molar-refractivity contribution < 1.29 is 28.9 Å². The number of carbonyl (C=O) groups excluding carboxylic acids is 2. The quantitative estimate of drug-likeness (QED) is 0.293. The van der Waals surface area contributed by atoms with Crippen LogP contribution in [0.5, 0.6) is 0 Å². The fourth-order valence-corrected chi connectivity index (χ4v) is 11.7. The van der Waals surface area contributed by atoms with Crippen molar-refractivity contribution in [3.8, 4) is 0 Å². The van der Waals surface area contributed by atoms with Gasteiger partial charge in [-0.15, -0.1) is 0 Å². The maximum atomic E-state index is 13.8. The molecule has 0 spiro atoms. The Balaban J connectivity index is 1.14. The van der Waals surface area contributed by atoms with Crippen molar-refractivity contribution in [1.82, 2.24) is 0 Å². The molecule has 47 heavy (non-hydrogen) atoms. The maximum absolute atomic E-state index is 13.8. The Morgan fingerprint density at radius 2 is 1.55 bits per heavy atom. The zero-order chi connectivity index (χ0) is 32.9. The number of rotatable bonds is 8. The fraction of sp³-hybridized carbons (Fsp3) is 0.659. The minimum atomic E-state index is -0.230. The summed E-state index contributed by atoms with van der Waals surface area (Å²) in [6.45, 7) is 9.68. The number of esters is 2. The number of hydrogen-bond acceptors (Lipinski definition) is 6. The molecule has 5 fully saturated rings. The van der Waals surface area contributed by atoms with Crippen molar-refractivity contribution in [1.29, 1.82) is 0 Å². The molecule has 1 aliphatic heterocycles. The van der Waals surface area contributed by atoms with Crippen LogP contribution in [0.4, 0.5) is 0 Å². The van der Waals surface area contributed by atoms with E-state index in [1.54, 1.807) is 0 Å². The summed E-state index contributed by atoms with van der Waals surface area (Å²) >= 11 is 0. The van der Waals surface area contributed by atoms with Crippen LogP contribution in [0.25, 0.3) is 0 Å². The number of aliphatic hydroxyl groups excluding tert-OH is 1. The first kappa shape index (κ1) is 32.8. The molecule has 13 atom stereocenters. The van der Waals surface area contributed by atoms with Crippen LogP contribution in [0.15, 0.2) is 60.7 Å². The van der Waals surface area contributed by atoms with Crippen molar-refractivity contribution in [3.63, 3.8) is 0 Å². The Labute approximate surface area is 281 Å². The van der Waals surface area contributed by atoms with Gasteiger partial charge >= 0.3 is 11.9 Å². The normalized spacial score (nSPS) is 41.1. The van der Waals surface area contributed by atoms with Crippen LogP contribution in [0.2, 0.25) is 0 Å². The molecule has 5 aliphatic rings. The molecule has 254 valence electrons. The molecule has 2 aromatic carbocycles. The van der Waals surface area contributed by atoms with E-state index in [-0.39, 0.29) is 59.7 Å². The number of benzene rings is 2. The average molecular weight is 643 g/mol. The average Bonchev–Trinajstić information content (AvgIpc) is 3.56. The summed E-state index contributed by atoms with van der Waals surface area (Å²) < 4.78 is 19.7. The highest BCUT2D eigenvalue weighted by Crippen LogP contribution is 2.70. The molecule has 1 heterocycles. The smallest absolute Gasteiger partial charge is 0.338 e. The third-order valence-electron chi connectivity index (χ3n) is 13.9. The predicted octanol–water partition coefficient (Wildman–Crippen LogP) is 8.13. The largest absolute Gasteiger partial charge is 0.459 e. The topological polar surface area (TPSA) is 82.1 Å². The molecule has 2 aromatic rings. The number of carbonyl (C=O) groups is 2. The van der Waals surface area contributed by atoms with E-state index in [9.17, 15) is 14.7 Å². The SMILES string of the molecule is C[C@@H](CO)CC[C@H]1O[C@H]2C[C@H]3[C@@H]4CC[C@H]5C[C@H](OC(=O)c6ccccc6)CC[C@]5(C)[C@H]4[C@@H](OC(=O)c4ccccc4)C[C@]3(C)[C@H]2[C@@H]1C. The first-order valence-corrected chi connectivity index (χ1v) is 18.4. The summed E-state index contributed by atoms with van der Waals surface area (Å²) in [4.78, 5) is 26.7. The summed E-state index contributed by atoms with van der Waals surface area (Å²) in [5.41, 5.74) is 1.27. The van der Waals surface area contributed by atoms with Crippen molar-refractivity contribution in [2.24, 2.45) is 52.3 Å². The Bertz CT molecular complexity index is 1410. The van der Waals surface area contributed by atoms with Gasteiger partial charge in [0.25, 0.3) is 0 Å². The van der Waals surface area contributed by atoms with Crippen molar-refractivity contribution in [2.45, 2.75) is 110 Å². The molecule has 4 aliphatic carbocycles. The van der Waals surface area contributed by atoms with Gasteiger partial charge in [0, 0.05) is 12.5 Å². The van der Waals surface area contributed by atoms with E-state index in [1.165, 1.54) is 0 Å². The van der Waals surface area contributed by atoms with E-state index in [4.69, 9.17) is 14.2 Å².